The van der Waals surface area contributed by atoms with Crippen LogP contribution in [0.15, 0.2) is 48.1 Å². The molecule has 0 aliphatic carbocycles. The molecule has 166 valence electrons. The van der Waals surface area contributed by atoms with Crippen molar-refractivity contribution >= 4 is 22.2 Å². The molecular weight excluding hydrogens is 423 g/mol. The number of thiazole rings is 1. The number of hydrogen-bond acceptors (Lipinski definition) is 5. The number of benzene rings is 1. The van der Waals surface area contributed by atoms with Crippen molar-refractivity contribution in [2.75, 3.05) is 11.9 Å². The maximum atomic E-state index is 13.6. The normalized spacial score (nSPS) is 11.5. The van der Waals surface area contributed by atoms with Gasteiger partial charge in [0.15, 0.2) is 5.13 Å². The van der Waals surface area contributed by atoms with Gasteiger partial charge in [-0.25, -0.2) is 4.98 Å². The zero-order valence-electron chi connectivity index (χ0n) is 17.4. The standard InChI is InChI=1S/C23H26F3N3OS/c1-2-3-4-5-6-7-13-30-21-11-10-18(14-19(21)23(24,25)26)28-22-29-20(16-31-22)17-9-8-12-27-15-17/h8-12,14-16H,2-7,13H2,1H3,(H,28,29). The first-order valence-corrected chi connectivity index (χ1v) is 11.3. The number of anilines is 2. The van der Waals surface area contributed by atoms with Gasteiger partial charge in [-0.2, -0.15) is 13.2 Å². The van der Waals surface area contributed by atoms with E-state index in [0.717, 1.165) is 49.4 Å². The molecule has 0 saturated heterocycles. The van der Waals surface area contributed by atoms with E-state index in [4.69, 9.17) is 4.74 Å². The predicted octanol–water partition coefficient (Wildman–Crippen LogP) is 7.71. The molecule has 2 heterocycles. The van der Waals surface area contributed by atoms with Crippen molar-refractivity contribution < 1.29 is 17.9 Å². The Morgan fingerprint density at radius 3 is 2.61 bits per heavy atom. The van der Waals surface area contributed by atoms with Crippen molar-refractivity contribution in [2.24, 2.45) is 0 Å². The van der Waals surface area contributed by atoms with E-state index in [1.807, 2.05) is 11.4 Å². The minimum Gasteiger partial charge on any atom is -0.493 e. The Morgan fingerprint density at radius 2 is 1.87 bits per heavy atom. The highest BCUT2D eigenvalue weighted by atomic mass is 32.1. The lowest BCUT2D eigenvalue weighted by atomic mass is 10.1. The topological polar surface area (TPSA) is 47.0 Å². The van der Waals surface area contributed by atoms with Crippen molar-refractivity contribution in [3.63, 3.8) is 0 Å². The zero-order valence-corrected chi connectivity index (χ0v) is 18.2. The molecule has 0 saturated carbocycles. The van der Waals surface area contributed by atoms with Gasteiger partial charge < -0.3 is 10.1 Å². The van der Waals surface area contributed by atoms with Gasteiger partial charge in [-0.3, -0.25) is 4.98 Å². The van der Waals surface area contributed by atoms with Crippen LogP contribution in [0.5, 0.6) is 5.75 Å². The summed E-state index contributed by atoms with van der Waals surface area (Å²) >= 11 is 1.32. The molecule has 0 unspecified atom stereocenters. The molecule has 0 fully saturated rings. The van der Waals surface area contributed by atoms with Gasteiger partial charge in [0.25, 0.3) is 0 Å². The van der Waals surface area contributed by atoms with E-state index in [0.29, 0.717) is 10.8 Å². The number of rotatable bonds is 11. The number of nitrogens with zero attached hydrogens (tertiary/aromatic N) is 2. The number of alkyl halides is 3. The molecule has 31 heavy (non-hydrogen) atoms. The van der Waals surface area contributed by atoms with Crippen molar-refractivity contribution in [1.82, 2.24) is 9.97 Å². The number of halogens is 3. The van der Waals surface area contributed by atoms with Crippen molar-refractivity contribution in [3.05, 3.63) is 53.7 Å². The molecule has 0 atom stereocenters. The second kappa shape index (κ2) is 11.1. The van der Waals surface area contributed by atoms with E-state index in [1.54, 1.807) is 24.5 Å². The molecule has 2 aromatic heterocycles. The van der Waals surface area contributed by atoms with Gasteiger partial charge >= 0.3 is 6.18 Å². The van der Waals surface area contributed by atoms with E-state index >= 15 is 0 Å². The molecule has 1 N–H and O–H groups in total. The molecule has 0 aliphatic rings. The van der Waals surface area contributed by atoms with E-state index in [9.17, 15) is 13.2 Å². The van der Waals surface area contributed by atoms with Crippen molar-refractivity contribution in [1.29, 1.82) is 0 Å². The summed E-state index contributed by atoms with van der Waals surface area (Å²) in [6.45, 7) is 2.43. The fourth-order valence-electron chi connectivity index (χ4n) is 3.12. The molecule has 3 rings (SSSR count). The highest BCUT2D eigenvalue weighted by Gasteiger charge is 2.34. The molecule has 0 aliphatic heterocycles. The number of hydrogen-bond donors (Lipinski definition) is 1. The van der Waals surface area contributed by atoms with E-state index in [2.05, 4.69) is 22.2 Å². The van der Waals surface area contributed by atoms with Gasteiger partial charge in [0.2, 0.25) is 0 Å². The lowest BCUT2D eigenvalue weighted by molar-refractivity contribution is -0.138. The zero-order chi connectivity index (χ0) is 22.1. The largest absolute Gasteiger partial charge is 0.493 e. The number of ether oxygens (including phenoxy) is 1. The van der Waals surface area contributed by atoms with Gasteiger partial charge in [-0.15, -0.1) is 11.3 Å². The number of unbranched alkanes of at least 4 members (excludes halogenated alkanes) is 5. The van der Waals surface area contributed by atoms with Crippen LogP contribution in [-0.2, 0) is 6.18 Å². The third-order valence-electron chi connectivity index (χ3n) is 4.75. The Balaban J connectivity index is 1.64. The third kappa shape index (κ3) is 6.95. The van der Waals surface area contributed by atoms with Crippen LogP contribution < -0.4 is 10.1 Å². The second-order valence-corrected chi connectivity index (χ2v) is 8.09. The lowest BCUT2D eigenvalue weighted by Gasteiger charge is -2.15. The molecule has 0 spiro atoms. The van der Waals surface area contributed by atoms with Crippen LogP contribution >= 0.6 is 11.3 Å². The minimum absolute atomic E-state index is 0.137. The Labute approximate surface area is 184 Å². The van der Waals surface area contributed by atoms with Crippen LogP contribution in [0.4, 0.5) is 24.0 Å². The maximum absolute atomic E-state index is 13.6. The van der Waals surface area contributed by atoms with Gasteiger partial charge in [0.1, 0.15) is 5.75 Å². The predicted molar refractivity (Wildman–Crippen MR) is 119 cm³/mol. The molecule has 8 heteroatoms. The summed E-state index contributed by atoms with van der Waals surface area (Å²) in [5, 5.41) is 5.30. The molecule has 0 amide bonds. The number of aromatic nitrogens is 2. The monoisotopic (exact) mass is 449 g/mol. The van der Waals surface area contributed by atoms with Crippen LogP contribution in [-0.4, -0.2) is 16.6 Å². The highest BCUT2D eigenvalue weighted by Crippen LogP contribution is 2.39. The number of nitrogens with one attached hydrogen (secondary N) is 1. The van der Waals surface area contributed by atoms with E-state index < -0.39 is 11.7 Å². The van der Waals surface area contributed by atoms with Crippen molar-refractivity contribution in [3.8, 4) is 17.0 Å². The average molecular weight is 450 g/mol. The summed E-state index contributed by atoms with van der Waals surface area (Å²) in [4.78, 5) is 8.49. The Bertz CT molecular complexity index is 945. The van der Waals surface area contributed by atoms with Crippen LogP contribution in [0.3, 0.4) is 0 Å². The summed E-state index contributed by atoms with van der Waals surface area (Å²) in [6, 6.07) is 7.71. The minimum atomic E-state index is -4.50. The Kier molecular flexibility index (Phi) is 8.28. The Morgan fingerprint density at radius 1 is 1.06 bits per heavy atom. The number of pyridine rings is 1. The van der Waals surface area contributed by atoms with Crippen molar-refractivity contribution in [2.45, 2.75) is 51.6 Å². The molecule has 4 nitrogen and oxygen atoms in total. The van der Waals surface area contributed by atoms with Gasteiger partial charge in [-0.05, 0) is 36.8 Å². The van der Waals surface area contributed by atoms with E-state index in [1.165, 1.54) is 23.8 Å². The van der Waals surface area contributed by atoms with Crippen LogP contribution in [0.1, 0.15) is 51.0 Å². The molecule has 3 aromatic rings. The van der Waals surface area contributed by atoms with Crippen LogP contribution in [0.2, 0.25) is 0 Å². The quantitative estimate of drug-likeness (QED) is 0.305. The summed E-state index contributed by atoms with van der Waals surface area (Å²) in [6.07, 6.45) is 5.17. The summed E-state index contributed by atoms with van der Waals surface area (Å²) < 4.78 is 46.2. The molecule has 0 bridgehead atoms. The summed E-state index contributed by atoms with van der Waals surface area (Å²) in [7, 11) is 0. The first kappa shape index (κ1) is 23.1. The lowest BCUT2D eigenvalue weighted by Crippen LogP contribution is -2.10. The van der Waals surface area contributed by atoms with Gasteiger partial charge in [0.05, 0.1) is 17.9 Å². The summed E-state index contributed by atoms with van der Waals surface area (Å²) in [5.74, 6) is -0.137. The SMILES string of the molecule is CCCCCCCCOc1ccc(Nc2nc(-c3cccnc3)cs2)cc1C(F)(F)F. The smallest absolute Gasteiger partial charge is 0.420 e. The molecule has 0 radical (unpaired) electrons. The molecule has 1 aromatic carbocycles. The van der Waals surface area contributed by atoms with Gasteiger partial charge in [0, 0.05) is 29.0 Å². The Hall–Kier alpha value is -2.61. The third-order valence-corrected chi connectivity index (χ3v) is 5.51. The first-order valence-electron chi connectivity index (χ1n) is 10.4. The fraction of sp³-hybridized carbons (Fsp3) is 0.391. The van der Waals surface area contributed by atoms with Crippen LogP contribution in [0.25, 0.3) is 11.3 Å². The fourth-order valence-corrected chi connectivity index (χ4v) is 3.86. The van der Waals surface area contributed by atoms with Gasteiger partial charge in [-0.1, -0.05) is 39.0 Å². The second-order valence-electron chi connectivity index (χ2n) is 7.23. The highest BCUT2D eigenvalue weighted by molar-refractivity contribution is 7.14. The maximum Gasteiger partial charge on any atom is 0.420 e. The average Bonchev–Trinajstić information content (AvgIpc) is 3.22. The summed E-state index contributed by atoms with van der Waals surface area (Å²) in [5.41, 5.74) is 1.09. The first-order chi connectivity index (χ1) is 15.0. The van der Waals surface area contributed by atoms with Crippen LogP contribution in [0, 0.1) is 0 Å². The molecular formula is C23H26F3N3OS. The van der Waals surface area contributed by atoms with E-state index in [-0.39, 0.29) is 12.4 Å².